The highest BCUT2D eigenvalue weighted by Gasteiger charge is 2.10. The summed E-state index contributed by atoms with van der Waals surface area (Å²) in [6.45, 7) is 0. The molecular weight excluding hydrogens is 268 g/mol. The molecule has 1 aromatic carbocycles. The van der Waals surface area contributed by atoms with Crippen molar-refractivity contribution in [2.45, 2.75) is 0 Å². The second-order valence-corrected chi connectivity index (χ2v) is 4.69. The summed E-state index contributed by atoms with van der Waals surface area (Å²) >= 11 is 0. The number of nitrogens with one attached hydrogen (secondary N) is 1. The van der Waals surface area contributed by atoms with Gasteiger partial charge in [0.15, 0.2) is 11.5 Å². The molecule has 0 amide bonds. The Hall–Kier alpha value is -2.76. The first-order valence-corrected chi connectivity index (χ1v) is 6.40. The van der Waals surface area contributed by atoms with Gasteiger partial charge in [0.25, 0.3) is 0 Å². The molecule has 0 saturated carbocycles. The number of hydrogen-bond acceptors (Lipinski definition) is 6. The van der Waals surface area contributed by atoms with Gasteiger partial charge in [-0.3, -0.25) is 0 Å². The van der Waals surface area contributed by atoms with E-state index >= 15 is 0 Å². The van der Waals surface area contributed by atoms with Gasteiger partial charge in [0.1, 0.15) is 0 Å². The minimum atomic E-state index is -0.499. The van der Waals surface area contributed by atoms with Crippen molar-refractivity contribution in [3.63, 3.8) is 0 Å². The third kappa shape index (κ3) is 3.42. The number of nitrogens with two attached hydrogens (primary N) is 1. The molecule has 0 bridgehead atoms. The van der Waals surface area contributed by atoms with Gasteiger partial charge in [-0.15, -0.1) is 0 Å². The standard InChI is InChI=1S/C15H18N4O2/c1-19(2)11-6-4-10(5-7-11)17-14-12(16)8-9-13(18-14)15(20)21-3/h4-9H,16H2,1-3H3,(H,17,18). The second-order valence-electron chi connectivity index (χ2n) is 4.69. The van der Waals surface area contributed by atoms with Crippen LogP contribution >= 0.6 is 0 Å². The van der Waals surface area contributed by atoms with Crippen LogP contribution in [0.1, 0.15) is 10.5 Å². The molecule has 0 atom stereocenters. The molecule has 0 spiro atoms. The zero-order valence-corrected chi connectivity index (χ0v) is 12.3. The molecule has 0 unspecified atom stereocenters. The van der Waals surface area contributed by atoms with E-state index in [1.807, 2.05) is 43.3 Å². The van der Waals surface area contributed by atoms with E-state index < -0.39 is 5.97 Å². The maximum atomic E-state index is 11.5. The molecule has 0 radical (unpaired) electrons. The molecule has 2 aromatic rings. The zero-order valence-electron chi connectivity index (χ0n) is 12.3. The molecule has 6 nitrogen and oxygen atoms in total. The average Bonchev–Trinajstić information content (AvgIpc) is 2.49. The highest BCUT2D eigenvalue weighted by molar-refractivity contribution is 5.88. The topological polar surface area (TPSA) is 80.5 Å². The number of pyridine rings is 1. The number of anilines is 4. The molecule has 3 N–H and O–H groups in total. The summed E-state index contributed by atoms with van der Waals surface area (Å²) in [5.74, 6) is -0.0727. The lowest BCUT2D eigenvalue weighted by Crippen LogP contribution is -2.09. The number of hydrogen-bond donors (Lipinski definition) is 2. The normalized spacial score (nSPS) is 10.0. The van der Waals surface area contributed by atoms with E-state index in [0.717, 1.165) is 11.4 Å². The molecule has 1 aromatic heterocycles. The van der Waals surface area contributed by atoms with Gasteiger partial charge in [0.05, 0.1) is 12.8 Å². The Morgan fingerprint density at radius 3 is 2.43 bits per heavy atom. The van der Waals surface area contributed by atoms with Gasteiger partial charge in [-0.25, -0.2) is 9.78 Å². The molecule has 110 valence electrons. The predicted octanol–water partition coefficient (Wildman–Crippen LogP) is 2.26. The minimum absolute atomic E-state index is 0.208. The van der Waals surface area contributed by atoms with E-state index in [2.05, 4.69) is 15.0 Å². The monoisotopic (exact) mass is 286 g/mol. The van der Waals surface area contributed by atoms with Crippen molar-refractivity contribution in [2.24, 2.45) is 0 Å². The van der Waals surface area contributed by atoms with Crippen molar-refractivity contribution < 1.29 is 9.53 Å². The number of rotatable bonds is 4. The first kappa shape index (κ1) is 14.6. The number of methoxy groups -OCH3 is 1. The van der Waals surface area contributed by atoms with Gasteiger partial charge in [-0.2, -0.15) is 0 Å². The largest absolute Gasteiger partial charge is 0.464 e. The SMILES string of the molecule is COC(=O)c1ccc(N)c(Nc2ccc(N(C)C)cc2)n1. The molecule has 6 heteroatoms. The number of nitrogens with zero attached hydrogens (tertiary/aromatic N) is 2. The molecule has 0 fully saturated rings. The van der Waals surface area contributed by atoms with E-state index in [-0.39, 0.29) is 5.69 Å². The number of benzene rings is 1. The van der Waals surface area contributed by atoms with Gasteiger partial charge in [-0.1, -0.05) is 0 Å². The Labute approximate surface area is 123 Å². The van der Waals surface area contributed by atoms with Crippen molar-refractivity contribution >= 4 is 28.8 Å². The Bertz CT molecular complexity index is 639. The molecule has 21 heavy (non-hydrogen) atoms. The number of carbonyl (C=O) groups is 1. The van der Waals surface area contributed by atoms with Crippen molar-refractivity contribution in [2.75, 3.05) is 37.2 Å². The van der Waals surface area contributed by atoms with Gasteiger partial charge < -0.3 is 20.7 Å². The van der Waals surface area contributed by atoms with E-state index in [1.165, 1.54) is 13.2 Å². The second kappa shape index (κ2) is 6.13. The van der Waals surface area contributed by atoms with Crippen LogP contribution in [0.5, 0.6) is 0 Å². The summed E-state index contributed by atoms with van der Waals surface area (Å²) in [6, 6.07) is 10.9. The summed E-state index contributed by atoms with van der Waals surface area (Å²) in [7, 11) is 5.26. The molecular formula is C15H18N4O2. The number of ether oxygens (including phenoxy) is 1. The number of aromatic nitrogens is 1. The van der Waals surface area contributed by atoms with Gasteiger partial charge in [-0.05, 0) is 36.4 Å². The lowest BCUT2D eigenvalue weighted by Gasteiger charge is -2.14. The van der Waals surface area contributed by atoms with Crippen LogP contribution in [0.4, 0.5) is 22.9 Å². The molecule has 1 heterocycles. The third-order valence-electron chi connectivity index (χ3n) is 2.97. The lowest BCUT2D eigenvalue weighted by molar-refractivity contribution is 0.0594. The Balaban J connectivity index is 2.24. The average molecular weight is 286 g/mol. The van der Waals surface area contributed by atoms with Crippen LogP contribution < -0.4 is 16.0 Å². The van der Waals surface area contributed by atoms with Crippen LogP contribution in [0, 0.1) is 0 Å². The van der Waals surface area contributed by atoms with Crippen molar-refractivity contribution in [1.29, 1.82) is 0 Å². The smallest absolute Gasteiger partial charge is 0.356 e. The van der Waals surface area contributed by atoms with Crippen LogP contribution in [0.25, 0.3) is 0 Å². The Morgan fingerprint density at radius 2 is 1.86 bits per heavy atom. The predicted molar refractivity (Wildman–Crippen MR) is 84.0 cm³/mol. The van der Waals surface area contributed by atoms with E-state index in [9.17, 15) is 4.79 Å². The van der Waals surface area contributed by atoms with Crippen molar-refractivity contribution in [3.05, 3.63) is 42.1 Å². The zero-order chi connectivity index (χ0) is 15.4. The van der Waals surface area contributed by atoms with Crippen LogP contribution in [0.15, 0.2) is 36.4 Å². The Morgan fingerprint density at radius 1 is 1.19 bits per heavy atom. The van der Waals surface area contributed by atoms with Crippen LogP contribution in [-0.2, 0) is 4.74 Å². The summed E-state index contributed by atoms with van der Waals surface area (Å²) in [4.78, 5) is 17.7. The fourth-order valence-electron chi connectivity index (χ4n) is 1.77. The first-order valence-electron chi connectivity index (χ1n) is 6.40. The van der Waals surface area contributed by atoms with Crippen LogP contribution in [0.2, 0.25) is 0 Å². The van der Waals surface area contributed by atoms with Gasteiger partial charge >= 0.3 is 5.97 Å². The maximum Gasteiger partial charge on any atom is 0.356 e. The highest BCUT2D eigenvalue weighted by Crippen LogP contribution is 2.23. The third-order valence-corrected chi connectivity index (χ3v) is 2.97. The highest BCUT2D eigenvalue weighted by atomic mass is 16.5. The Kier molecular flexibility index (Phi) is 4.27. The van der Waals surface area contributed by atoms with E-state index in [4.69, 9.17) is 5.73 Å². The number of carbonyl (C=O) groups excluding carboxylic acids is 1. The molecule has 2 rings (SSSR count). The van der Waals surface area contributed by atoms with E-state index in [0.29, 0.717) is 11.5 Å². The molecule has 0 aliphatic carbocycles. The lowest BCUT2D eigenvalue weighted by atomic mass is 10.2. The summed E-state index contributed by atoms with van der Waals surface area (Å²) < 4.78 is 4.65. The van der Waals surface area contributed by atoms with Crippen molar-refractivity contribution in [1.82, 2.24) is 4.98 Å². The number of nitrogen functional groups attached to an aromatic ring is 1. The summed E-state index contributed by atoms with van der Waals surface area (Å²) in [5, 5.41) is 3.10. The van der Waals surface area contributed by atoms with Gasteiger partial charge in [0, 0.05) is 25.5 Å². The quantitative estimate of drug-likeness (QED) is 0.839. The van der Waals surface area contributed by atoms with E-state index in [1.54, 1.807) is 6.07 Å². The molecule has 0 aliphatic heterocycles. The number of esters is 1. The van der Waals surface area contributed by atoms with Crippen LogP contribution in [0.3, 0.4) is 0 Å². The van der Waals surface area contributed by atoms with Crippen LogP contribution in [-0.4, -0.2) is 32.2 Å². The first-order chi connectivity index (χ1) is 10.0. The summed E-state index contributed by atoms with van der Waals surface area (Å²) in [5.41, 5.74) is 8.46. The maximum absolute atomic E-state index is 11.5. The fourth-order valence-corrected chi connectivity index (χ4v) is 1.77. The van der Waals surface area contributed by atoms with Crippen molar-refractivity contribution in [3.8, 4) is 0 Å². The van der Waals surface area contributed by atoms with Gasteiger partial charge in [0.2, 0.25) is 0 Å². The minimum Gasteiger partial charge on any atom is -0.464 e. The molecule has 0 aliphatic rings. The summed E-state index contributed by atoms with van der Waals surface area (Å²) in [6.07, 6.45) is 0. The fraction of sp³-hybridized carbons (Fsp3) is 0.200. The molecule has 0 saturated heterocycles.